The second-order valence-electron chi connectivity index (χ2n) is 9.86. The van der Waals surface area contributed by atoms with Crippen LogP contribution in [-0.2, 0) is 4.79 Å². The molecule has 0 saturated carbocycles. The monoisotopic (exact) mass is 588 g/mol. The van der Waals surface area contributed by atoms with E-state index in [0.717, 1.165) is 10.1 Å². The number of carbonyl (C=O) groups is 2. The maximum Gasteiger partial charge on any atom is 0.296 e. The van der Waals surface area contributed by atoms with Crippen molar-refractivity contribution in [1.82, 2.24) is 4.98 Å². The Balaban J connectivity index is 1.35. The van der Waals surface area contributed by atoms with Crippen LogP contribution in [0.25, 0.3) is 21.2 Å². The molecule has 7 rings (SSSR count). The summed E-state index contributed by atoms with van der Waals surface area (Å²) in [7, 11) is 0. The van der Waals surface area contributed by atoms with Crippen LogP contribution >= 0.6 is 11.3 Å². The fourth-order valence-corrected chi connectivity index (χ4v) is 6.22. The molecule has 0 fully saturated rings. The van der Waals surface area contributed by atoms with E-state index in [1.807, 2.05) is 73.7 Å². The zero-order valence-corrected chi connectivity index (χ0v) is 23.7. The predicted octanol–water partition coefficient (Wildman–Crippen LogP) is 8.02. The zero-order chi connectivity index (χ0) is 29.5. The lowest BCUT2D eigenvalue weighted by molar-refractivity contribution is -0.117. The molecule has 0 unspecified atom stereocenters. The summed E-state index contributed by atoms with van der Waals surface area (Å²) in [4.78, 5) is 33.9. The second-order valence-corrected chi connectivity index (χ2v) is 10.9. The minimum Gasteiger partial charge on any atom is -0.503 e. The fourth-order valence-electron chi connectivity index (χ4n) is 5.20. The number of furan rings is 1. The summed E-state index contributed by atoms with van der Waals surface area (Å²) in [5, 5.41) is 12.3. The lowest BCUT2D eigenvalue weighted by Crippen LogP contribution is -2.31. The van der Waals surface area contributed by atoms with Crippen LogP contribution in [0.2, 0.25) is 0 Å². The van der Waals surface area contributed by atoms with Crippen LogP contribution in [0.1, 0.15) is 29.1 Å². The summed E-state index contributed by atoms with van der Waals surface area (Å²) in [6.07, 6.45) is 0. The van der Waals surface area contributed by atoms with Gasteiger partial charge >= 0.3 is 0 Å². The summed E-state index contributed by atoms with van der Waals surface area (Å²) in [6, 6.07) is 29.7. The van der Waals surface area contributed by atoms with E-state index in [2.05, 4.69) is 0 Å². The number of hydrogen-bond acceptors (Lipinski definition) is 8. The van der Waals surface area contributed by atoms with Gasteiger partial charge in [-0.05, 0) is 67.1 Å². The fraction of sp³-hybridized carbons (Fsp3) is 0.0882. The molecular formula is C34H24N2O6S. The van der Waals surface area contributed by atoms with Crippen molar-refractivity contribution < 1.29 is 28.6 Å². The first-order valence-electron chi connectivity index (χ1n) is 13.7. The van der Waals surface area contributed by atoms with E-state index in [-0.39, 0.29) is 11.3 Å². The maximum absolute atomic E-state index is 14.0. The lowest BCUT2D eigenvalue weighted by atomic mass is 9.95. The number of aromatic nitrogens is 1. The number of aliphatic hydroxyl groups is 1. The quantitative estimate of drug-likeness (QED) is 0.180. The molecule has 2 aromatic heterocycles. The Bertz CT molecular complexity index is 2010. The number of amides is 1. The minimum atomic E-state index is -1.00. The van der Waals surface area contributed by atoms with Gasteiger partial charge in [0, 0.05) is 5.39 Å². The number of para-hydroxylation sites is 2. The molecule has 6 aromatic rings. The molecule has 0 bridgehead atoms. The number of ether oxygens (including phenoxy) is 2. The van der Waals surface area contributed by atoms with E-state index in [1.165, 1.54) is 16.2 Å². The van der Waals surface area contributed by atoms with E-state index in [9.17, 15) is 14.7 Å². The molecule has 0 radical (unpaired) electrons. The number of Topliss-reactive ketones (excluding diaryl/α,β-unsaturated/α-hetero) is 1. The summed E-state index contributed by atoms with van der Waals surface area (Å²) in [6.45, 7) is 2.41. The van der Waals surface area contributed by atoms with E-state index in [0.29, 0.717) is 45.7 Å². The molecule has 0 saturated heterocycles. The van der Waals surface area contributed by atoms with E-state index < -0.39 is 23.5 Å². The third-order valence-corrected chi connectivity index (χ3v) is 8.14. The number of ketones is 1. The van der Waals surface area contributed by atoms with Crippen LogP contribution in [0.5, 0.6) is 17.2 Å². The molecule has 0 aliphatic carbocycles. The lowest BCUT2D eigenvalue weighted by Gasteiger charge is -2.24. The van der Waals surface area contributed by atoms with Crippen molar-refractivity contribution in [2.75, 3.05) is 11.5 Å². The zero-order valence-electron chi connectivity index (χ0n) is 22.9. The Morgan fingerprint density at radius 2 is 1.72 bits per heavy atom. The number of anilines is 1. The Morgan fingerprint density at radius 1 is 0.930 bits per heavy atom. The molecule has 4 aromatic carbocycles. The van der Waals surface area contributed by atoms with Crippen molar-refractivity contribution in [3.8, 4) is 17.2 Å². The first-order valence-corrected chi connectivity index (χ1v) is 14.5. The Morgan fingerprint density at radius 3 is 2.53 bits per heavy atom. The van der Waals surface area contributed by atoms with Crippen molar-refractivity contribution in [3.63, 3.8) is 0 Å². The highest BCUT2D eigenvalue weighted by Crippen LogP contribution is 2.45. The van der Waals surface area contributed by atoms with Gasteiger partial charge in [-0.25, -0.2) is 4.98 Å². The number of fused-ring (bicyclic) bond motifs is 2. The molecule has 1 atom stereocenters. The van der Waals surface area contributed by atoms with Gasteiger partial charge in [0.05, 0.1) is 28.4 Å². The standard InChI is InChI=1S/C34H24N2O6S/c1-2-40-23-15-16-25-28(19-23)43-34(35-25)36-30(21-10-8-13-24(17-21)41-22-11-4-3-5-12-22)29(32(38)33(36)39)31(37)27-18-20-9-6-7-14-26(20)42-27/h3-19,30,38H,2H2,1H3/t30-/m1/s1. The number of aliphatic hydroxyl groups excluding tert-OH is 1. The third-order valence-electron chi connectivity index (χ3n) is 7.12. The van der Waals surface area contributed by atoms with Crippen molar-refractivity contribution in [2.45, 2.75) is 13.0 Å². The Hall–Kier alpha value is -5.41. The van der Waals surface area contributed by atoms with Crippen LogP contribution < -0.4 is 14.4 Å². The number of carbonyl (C=O) groups excluding carboxylic acids is 2. The number of hydrogen-bond donors (Lipinski definition) is 1. The molecule has 212 valence electrons. The number of rotatable bonds is 8. The smallest absolute Gasteiger partial charge is 0.296 e. The van der Waals surface area contributed by atoms with Gasteiger partial charge in [-0.2, -0.15) is 0 Å². The summed E-state index contributed by atoms with van der Waals surface area (Å²) >= 11 is 1.27. The summed E-state index contributed by atoms with van der Waals surface area (Å²) in [5.74, 6) is -0.145. The van der Waals surface area contributed by atoms with Gasteiger partial charge in [-0.1, -0.05) is 59.9 Å². The van der Waals surface area contributed by atoms with Crippen molar-refractivity contribution in [3.05, 3.63) is 126 Å². The van der Waals surface area contributed by atoms with Crippen molar-refractivity contribution in [2.24, 2.45) is 0 Å². The SMILES string of the molecule is CCOc1ccc2nc(N3C(=O)C(O)=C(C(=O)c4cc5ccccc5o4)[C@H]3c3cccc(Oc4ccccc4)c3)sc2c1. The van der Waals surface area contributed by atoms with Gasteiger partial charge in [0.15, 0.2) is 16.7 Å². The average Bonchev–Trinajstić information content (AvgIpc) is 3.71. The van der Waals surface area contributed by atoms with Gasteiger partial charge in [0.1, 0.15) is 22.8 Å². The molecule has 8 nitrogen and oxygen atoms in total. The average molecular weight is 589 g/mol. The number of benzene rings is 4. The first kappa shape index (κ1) is 26.5. The Labute approximate surface area is 250 Å². The minimum absolute atomic E-state index is 0.0183. The topological polar surface area (TPSA) is 102 Å². The molecule has 3 heterocycles. The summed E-state index contributed by atoms with van der Waals surface area (Å²) in [5.41, 5.74) is 1.64. The van der Waals surface area contributed by atoms with Gasteiger partial charge in [-0.15, -0.1) is 0 Å². The molecule has 1 aliphatic rings. The maximum atomic E-state index is 14.0. The number of thiazole rings is 1. The van der Waals surface area contributed by atoms with E-state index >= 15 is 0 Å². The van der Waals surface area contributed by atoms with E-state index in [4.69, 9.17) is 18.9 Å². The number of nitrogens with zero attached hydrogens (tertiary/aromatic N) is 2. The van der Waals surface area contributed by atoms with E-state index in [1.54, 1.807) is 36.4 Å². The Kier molecular flexibility index (Phi) is 6.64. The highest BCUT2D eigenvalue weighted by molar-refractivity contribution is 7.22. The second kappa shape index (κ2) is 10.8. The first-order chi connectivity index (χ1) is 21.0. The largest absolute Gasteiger partial charge is 0.503 e. The summed E-state index contributed by atoms with van der Waals surface area (Å²) < 4.78 is 18.4. The molecular weight excluding hydrogens is 564 g/mol. The highest BCUT2D eigenvalue weighted by Gasteiger charge is 2.46. The van der Waals surface area contributed by atoms with Gasteiger partial charge < -0.3 is 19.0 Å². The molecule has 1 N–H and O–H groups in total. The van der Waals surface area contributed by atoms with Gasteiger partial charge in [0.2, 0.25) is 5.78 Å². The van der Waals surface area contributed by atoms with Crippen LogP contribution in [-0.4, -0.2) is 28.4 Å². The van der Waals surface area contributed by atoms with Crippen LogP contribution in [0.4, 0.5) is 5.13 Å². The van der Waals surface area contributed by atoms with Gasteiger partial charge in [0.25, 0.3) is 5.91 Å². The van der Waals surface area contributed by atoms with Crippen LogP contribution in [0.3, 0.4) is 0 Å². The molecule has 9 heteroatoms. The van der Waals surface area contributed by atoms with Crippen LogP contribution in [0, 0.1) is 0 Å². The molecule has 0 spiro atoms. The third kappa shape index (κ3) is 4.79. The van der Waals surface area contributed by atoms with Crippen molar-refractivity contribution >= 4 is 49.3 Å². The van der Waals surface area contributed by atoms with Gasteiger partial charge in [-0.3, -0.25) is 14.5 Å². The molecule has 43 heavy (non-hydrogen) atoms. The van der Waals surface area contributed by atoms with Crippen LogP contribution in [0.15, 0.2) is 119 Å². The molecule has 1 amide bonds. The highest BCUT2D eigenvalue weighted by atomic mass is 32.1. The normalized spacial score (nSPS) is 15.0. The van der Waals surface area contributed by atoms with Crippen molar-refractivity contribution in [1.29, 1.82) is 0 Å². The predicted molar refractivity (Wildman–Crippen MR) is 164 cm³/mol. The molecule has 1 aliphatic heterocycles.